The molecular formula is C17H26O3. The molecule has 1 aromatic carbocycles. The van der Waals surface area contributed by atoms with Gasteiger partial charge in [-0.25, -0.2) is 4.79 Å². The van der Waals surface area contributed by atoms with Gasteiger partial charge in [0.25, 0.3) is 0 Å². The second-order valence-corrected chi connectivity index (χ2v) is 5.98. The van der Waals surface area contributed by atoms with E-state index in [1.165, 1.54) is 0 Å². The maximum absolute atomic E-state index is 12.1. The Kier molecular flexibility index (Phi) is 5.61. The Morgan fingerprint density at radius 1 is 1.00 bits per heavy atom. The first-order valence-corrected chi connectivity index (χ1v) is 7.24. The molecule has 0 heterocycles. The van der Waals surface area contributed by atoms with E-state index in [1.807, 2.05) is 46.8 Å². The smallest absolute Gasteiger partial charge is 0.338 e. The summed E-state index contributed by atoms with van der Waals surface area (Å²) in [4.78, 5) is 12.1. The van der Waals surface area contributed by atoms with E-state index >= 15 is 0 Å². The quantitative estimate of drug-likeness (QED) is 0.745. The summed E-state index contributed by atoms with van der Waals surface area (Å²) < 4.78 is 11.1. The van der Waals surface area contributed by atoms with Gasteiger partial charge in [0.05, 0.1) is 17.8 Å². The minimum absolute atomic E-state index is 0.111. The molecule has 0 amide bonds. The summed E-state index contributed by atoms with van der Waals surface area (Å²) in [5.41, 5.74) is 2.55. The third-order valence-electron chi connectivity index (χ3n) is 2.90. The number of ether oxygens (including phenoxy) is 2. The van der Waals surface area contributed by atoms with Gasteiger partial charge >= 0.3 is 5.97 Å². The zero-order valence-electron chi connectivity index (χ0n) is 13.6. The molecule has 1 rings (SSSR count). The molecule has 0 spiro atoms. The number of carbonyl (C=O) groups is 1. The van der Waals surface area contributed by atoms with Gasteiger partial charge < -0.3 is 9.47 Å². The van der Waals surface area contributed by atoms with Crippen molar-refractivity contribution in [2.45, 2.75) is 66.6 Å². The minimum Gasteiger partial charge on any atom is -0.491 e. The van der Waals surface area contributed by atoms with Crippen molar-refractivity contribution < 1.29 is 14.3 Å². The molecule has 0 saturated heterocycles. The predicted molar refractivity (Wildman–Crippen MR) is 81.6 cm³/mol. The van der Waals surface area contributed by atoms with Gasteiger partial charge in [-0.15, -0.1) is 0 Å². The van der Waals surface area contributed by atoms with E-state index in [9.17, 15) is 4.79 Å². The van der Waals surface area contributed by atoms with Crippen LogP contribution in [0.5, 0.6) is 5.75 Å². The number of rotatable bonds is 5. The van der Waals surface area contributed by atoms with E-state index < -0.39 is 0 Å². The van der Waals surface area contributed by atoms with Crippen LogP contribution in [0.25, 0.3) is 0 Å². The average Bonchev–Trinajstić information content (AvgIpc) is 2.26. The average molecular weight is 278 g/mol. The monoisotopic (exact) mass is 278 g/mol. The fourth-order valence-corrected chi connectivity index (χ4v) is 2.00. The summed E-state index contributed by atoms with van der Waals surface area (Å²) in [5, 5.41) is 0. The highest BCUT2D eigenvalue weighted by atomic mass is 16.5. The first-order valence-electron chi connectivity index (χ1n) is 7.24. The molecule has 0 saturated carbocycles. The van der Waals surface area contributed by atoms with Crippen LogP contribution in [0.2, 0.25) is 0 Å². The first-order chi connectivity index (χ1) is 9.22. The summed E-state index contributed by atoms with van der Waals surface area (Å²) >= 11 is 0. The Balaban J connectivity index is 3.22. The molecule has 112 valence electrons. The van der Waals surface area contributed by atoms with Crippen LogP contribution in [0.4, 0.5) is 0 Å². The highest BCUT2D eigenvalue weighted by Crippen LogP contribution is 2.31. The number of hydrogen-bond donors (Lipinski definition) is 0. The SMILES string of the molecule is Cc1cc(OC(C)C)c(C(C)C)cc1C(=O)OC(C)C. The summed E-state index contributed by atoms with van der Waals surface area (Å²) in [6.07, 6.45) is -0.00337. The molecule has 0 bridgehead atoms. The molecule has 0 aliphatic rings. The van der Waals surface area contributed by atoms with Crippen molar-refractivity contribution in [2.75, 3.05) is 0 Å². The highest BCUT2D eigenvalue weighted by Gasteiger charge is 2.18. The fraction of sp³-hybridized carbons (Fsp3) is 0.588. The van der Waals surface area contributed by atoms with Crippen molar-refractivity contribution in [1.82, 2.24) is 0 Å². The van der Waals surface area contributed by atoms with Crippen molar-refractivity contribution in [3.8, 4) is 5.75 Å². The lowest BCUT2D eigenvalue weighted by atomic mass is 9.96. The van der Waals surface area contributed by atoms with Gasteiger partial charge in [-0.2, -0.15) is 0 Å². The van der Waals surface area contributed by atoms with E-state index in [0.29, 0.717) is 5.56 Å². The zero-order valence-corrected chi connectivity index (χ0v) is 13.6. The van der Waals surface area contributed by atoms with E-state index in [4.69, 9.17) is 9.47 Å². The topological polar surface area (TPSA) is 35.5 Å². The summed E-state index contributed by atoms with van der Waals surface area (Å²) in [6.45, 7) is 13.8. The van der Waals surface area contributed by atoms with Crippen LogP contribution in [-0.2, 0) is 4.74 Å². The standard InChI is InChI=1S/C17H26O3/c1-10(2)14-9-15(17(18)20-12(5)6)13(7)8-16(14)19-11(3)4/h8-12H,1-7H3. The molecule has 3 heteroatoms. The van der Waals surface area contributed by atoms with E-state index in [1.54, 1.807) is 0 Å². The third-order valence-corrected chi connectivity index (χ3v) is 2.90. The Bertz CT molecular complexity index is 473. The largest absolute Gasteiger partial charge is 0.491 e. The van der Waals surface area contributed by atoms with Crippen LogP contribution in [0.1, 0.15) is 68.9 Å². The van der Waals surface area contributed by atoms with Gasteiger partial charge in [-0.05, 0) is 63.8 Å². The number of carbonyl (C=O) groups excluding carboxylic acids is 1. The molecule has 0 fully saturated rings. The number of hydrogen-bond acceptors (Lipinski definition) is 3. The number of benzene rings is 1. The lowest BCUT2D eigenvalue weighted by molar-refractivity contribution is 0.0377. The molecule has 1 aromatic rings. The van der Waals surface area contributed by atoms with E-state index in [-0.39, 0.29) is 24.1 Å². The molecule has 0 aromatic heterocycles. The highest BCUT2D eigenvalue weighted by molar-refractivity contribution is 5.91. The summed E-state index contributed by atoms with van der Waals surface area (Å²) in [6, 6.07) is 3.84. The normalized spacial score (nSPS) is 11.3. The van der Waals surface area contributed by atoms with Crippen LogP contribution in [0.15, 0.2) is 12.1 Å². The van der Waals surface area contributed by atoms with Gasteiger partial charge in [-0.3, -0.25) is 0 Å². The second-order valence-electron chi connectivity index (χ2n) is 5.98. The van der Waals surface area contributed by atoms with Gasteiger partial charge in [-0.1, -0.05) is 13.8 Å². The maximum Gasteiger partial charge on any atom is 0.338 e. The lowest BCUT2D eigenvalue weighted by Gasteiger charge is -2.19. The maximum atomic E-state index is 12.1. The third kappa shape index (κ3) is 4.26. The zero-order chi connectivity index (χ0) is 15.4. The number of aryl methyl sites for hydroxylation is 1. The predicted octanol–water partition coefficient (Wildman–Crippen LogP) is 4.47. The van der Waals surface area contributed by atoms with Crippen LogP contribution < -0.4 is 4.74 Å². The van der Waals surface area contributed by atoms with Gasteiger partial charge in [0, 0.05) is 0 Å². The van der Waals surface area contributed by atoms with Crippen LogP contribution >= 0.6 is 0 Å². The van der Waals surface area contributed by atoms with Gasteiger partial charge in [0.1, 0.15) is 5.75 Å². The Morgan fingerprint density at radius 3 is 2.05 bits per heavy atom. The van der Waals surface area contributed by atoms with Crippen molar-refractivity contribution in [3.63, 3.8) is 0 Å². The van der Waals surface area contributed by atoms with Crippen molar-refractivity contribution in [1.29, 1.82) is 0 Å². The van der Waals surface area contributed by atoms with Crippen LogP contribution in [0.3, 0.4) is 0 Å². The Hall–Kier alpha value is -1.51. The minimum atomic E-state index is -0.268. The van der Waals surface area contributed by atoms with Gasteiger partial charge in [0.2, 0.25) is 0 Å². The fourth-order valence-electron chi connectivity index (χ4n) is 2.00. The summed E-state index contributed by atoms with van der Waals surface area (Å²) in [5.74, 6) is 0.874. The summed E-state index contributed by atoms with van der Waals surface area (Å²) in [7, 11) is 0. The van der Waals surface area contributed by atoms with Crippen LogP contribution in [-0.4, -0.2) is 18.2 Å². The van der Waals surface area contributed by atoms with Crippen molar-refractivity contribution in [3.05, 3.63) is 28.8 Å². The molecular weight excluding hydrogens is 252 g/mol. The second kappa shape index (κ2) is 6.78. The lowest BCUT2D eigenvalue weighted by Crippen LogP contribution is -2.15. The Morgan fingerprint density at radius 2 is 1.60 bits per heavy atom. The van der Waals surface area contributed by atoms with Crippen molar-refractivity contribution >= 4 is 5.97 Å². The molecule has 3 nitrogen and oxygen atoms in total. The number of esters is 1. The Labute approximate surface area is 122 Å². The van der Waals surface area contributed by atoms with Crippen molar-refractivity contribution in [2.24, 2.45) is 0 Å². The van der Waals surface area contributed by atoms with E-state index in [0.717, 1.165) is 16.9 Å². The van der Waals surface area contributed by atoms with Crippen LogP contribution in [0, 0.1) is 6.92 Å². The van der Waals surface area contributed by atoms with E-state index in [2.05, 4.69) is 13.8 Å². The molecule has 0 atom stereocenters. The van der Waals surface area contributed by atoms with Gasteiger partial charge in [0.15, 0.2) is 0 Å². The molecule has 0 aliphatic carbocycles. The molecule has 20 heavy (non-hydrogen) atoms. The molecule has 0 radical (unpaired) electrons. The first kappa shape index (κ1) is 16.5. The molecule has 0 aliphatic heterocycles. The molecule has 0 unspecified atom stereocenters. The molecule has 0 N–H and O–H groups in total.